The molecular formula is C14H6ClF20NO. The molecule has 0 aromatic carbocycles. The lowest BCUT2D eigenvalue weighted by Gasteiger charge is -2.44. The summed E-state index contributed by atoms with van der Waals surface area (Å²) in [5.74, 6) is -81.1. The van der Waals surface area contributed by atoms with Crippen molar-refractivity contribution in [2.24, 2.45) is 0 Å². The maximum atomic E-state index is 13.6. The summed E-state index contributed by atoms with van der Waals surface area (Å²) in [7, 11) is 0. The Bertz CT molecular complexity index is 875. The lowest BCUT2D eigenvalue weighted by atomic mass is 9.86. The third-order valence-electron chi connectivity index (χ3n) is 4.20. The summed E-state index contributed by atoms with van der Waals surface area (Å²) in [6.45, 7) is 1.31. The quantitative estimate of drug-likeness (QED) is 0.145. The highest BCUT2D eigenvalue weighted by molar-refractivity contribution is 6.22. The molecule has 0 heterocycles. The van der Waals surface area contributed by atoms with Crippen molar-refractivity contribution >= 4 is 17.5 Å². The third-order valence-corrected chi connectivity index (χ3v) is 4.44. The molecule has 1 amide bonds. The number of carbonyl (C=O) groups is 1. The molecule has 0 fully saturated rings. The minimum atomic E-state index is -9.16. The Hall–Kier alpha value is -1.90. The SMILES string of the molecule is C=CCNC(=O)C(F)(F)C(F)(F)C(F)(F)C(F)(F)C(F)(F)C(F)(F)C(F)(F)C(F)(F)C(F)(F)C(F)(F)Cl. The standard InChI is InChI=1S/C14H6ClF20NO/c1-2-3-36-4(37)5(16,17)6(18,19)7(20,21)8(22,23)9(24,25)10(26,27)11(28,29)12(30,31)13(32,33)14(15,34)35/h2H,1,3H2,(H,36,37). The second kappa shape index (κ2) is 9.09. The van der Waals surface area contributed by atoms with Gasteiger partial charge in [0, 0.05) is 6.54 Å². The Morgan fingerprint density at radius 3 is 1.03 bits per heavy atom. The van der Waals surface area contributed by atoms with Gasteiger partial charge in [0.1, 0.15) is 0 Å². The summed E-state index contributed by atoms with van der Waals surface area (Å²) < 4.78 is 266. The fourth-order valence-electron chi connectivity index (χ4n) is 1.98. The van der Waals surface area contributed by atoms with Crippen LogP contribution in [0.25, 0.3) is 0 Å². The second-order valence-electron chi connectivity index (χ2n) is 6.67. The lowest BCUT2D eigenvalue weighted by molar-refractivity contribution is -0.464. The van der Waals surface area contributed by atoms with Crippen LogP contribution in [-0.4, -0.2) is 71.1 Å². The Balaban J connectivity index is 7.05. The van der Waals surface area contributed by atoms with Crippen molar-refractivity contribution in [1.29, 1.82) is 0 Å². The first kappa shape index (κ1) is 35.1. The summed E-state index contributed by atoms with van der Waals surface area (Å²) in [6, 6.07) is 0. The molecule has 0 aliphatic carbocycles. The molecule has 0 atom stereocenters. The first-order valence-electron chi connectivity index (χ1n) is 8.09. The molecular weight excluding hydrogens is 614 g/mol. The van der Waals surface area contributed by atoms with E-state index in [1.54, 1.807) is 0 Å². The molecule has 0 aliphatic heterocycles. The van der Waals surface area contributed by atoms with E-state index in [4.69, 9.17) is 0 Å². The highest BCUT2D eigenvalue weighted by atomic mass is 35.5. The van der Waals surface area contributed by atoms with Crippen LogP contribution in [-0.2, 0) is 4.79 Å². The van der Waals surface area contributed by atoms with Crippen LogP contribution in [0.5, 0.6) is 0 Å². The Kier molecular flexibility index (Phi) is 8.63. The lowest BCUT2D eigenvalue weighted by Crippen LogP contribution is -2.77. The average molecular weight is 620 g/mol. The molecule has 0 radical (unpaired) electrons. The van der Waals surface area contributed by atoms with Gasteiger partial charge in [0.2, 0.25) is 0 Å². The fraction of sp³-hybridized carbons (Fsp3) is 0.786. The van der Waals surface area contributed by atoms with Crippen molar-refractivity contribution in [3.8, 4) is 0 Å². The van der Waals surface area contributed by atoms with Crippen LogP contribution in [0.4, 0.5) is 87.8 Å². The first-order chi connectivity index (χ1) is 15.7. The summed E-state index contributed by atoms with van der Waals surface area (Å²) in [5.41, 5.74) is 0. The van der Waals surface area contributed by atoms with Crippen molar-refractivity contribution in [2.45, 2.75) is 58.7 Å². The molecule has 0 aromatic heterocycles. The van der Waals surface area contributed by atoms with Gasteiger partial charge in [-0.05, 0) is 11.6 Å². The molecule has 37 heavy (non-hydrogen) atoms. The van der Waals surface area contributed by atoms with Crippen molar-refractivity contribution in [3.05, 3.63) is 12.7 Å². The van der Waals surface area contributed by atoms with Crippen LogP contribution < -0.4 is 5.32 Å². The molecule has 0 aliphatic rings. The molecule has 23 heteroatoms. The summed E-state index contributed by atoms with van der Waals surface area (Å²) >= 11 is 3.29. The summed E-state index contributed by atoms with van der Waals surface area (Å²) in [6.07, 6.45) is 0.343. The van der Waals surface area contributed by atoms with E-state index in [1.165, 1.54) is 0 Å². The molecule has 0 rings (SSSR count). The van der Waals surface area contributed by atoms with Gasteiger partial charge >= 0.3 is 58.7 Å². The predicted octanol–water partition coefficient (Wildman–Crippen LogP) is 6.84. The fourth-order valence-corrected chi connectivity index (χ4v) is 2.10. The van der Waals surface area contributed by atoms with Gasteiger partial charge in [-0.3, -0.25) is 4.79 Å². The van der Waals surface area contributed by atoms with Gasteiger partial charge < -0.3 is 5.32 Å². The van der Waals surface area contributed by atoms with Gasteiger partial charge in [-0.25, -0.2) is 0 Å². The zero-order chi connectivity index (χ0) is 30.7. The zero-order valence-corrected chi connectivity index (χ0v) is 17.1. The van der Waals surface area contributed by atoms with E-state index in [2.05, 4.69) is 18.2 Å². The number of carbonyl (C=O) groups excluding carboxylic acids is 1. The molecule has 0 unspecified atom stereocenters. The largest absolute Gasteiger partial charge is 0.393 e. The van der Waals surface area contributed by atoms with Gasteiger partial charge in [0.05, 0.1) is 0 Å². The molecule has 0 aromatic rings. The van der Waals surface area contributed by atoms with E-state index in [1.807, 2.05) is 0 Å². The Morgan fingerprint density at radius 2 is 0.784 bits per heavy atom. The van der Waals surface area contributed by atoms with Crippen molar-refractivity contribution in [1.82, 2.24) is 5.32 Å². The van der Waals surface area contributed by atoms with Crippen molar-refractivity contribution in [3.63, 3.8) is 0 Å². The highest BCUT2D eigenvalue weighted by Crippen LogP contribution is 2.66. The summed E-state index contributed by atoms with van der Waals surface area (Å²) in [5, 5.41) is -6.50. The highest BCUT2D eigenvalue weighted by Gasteiger charge is 2.97. The van der Waals surface area contributed by atoms with E-state index in [0.29, 0.717) is 11.4 Å². The zero-order valence-electron chi connectivity index (χ0n) is 16.3. The predicted molar refractivity (Wildman–Crippen MR) is 78.5 cm³/mol. The minimum Gasteiger partial charge on any atom is -0.347 e. The topological polar surface area (TPSA) is 29.1 Å². The monoisotopic (exact) mass is 619 g/mol. The van der Waals surface area contributed by atoms with Crippen LogP contribution in [0.1, 0.15) is 0 Å². The van der Waals surface area contributed by atoms with Gasteiger partial charge in [-0.2, -0.15) is 87.8 Å². The number of hydrogen-bond donors (Lipinski definition) is 1. The van der Waals surface area contributed by atoms with Crippen LogP contribution in [0.15, 0.2) is 12.7 Å². The minimum absolute atomic E-state index is 0.343. The third kappa shape index (κ3) is 4.43. The van der Waals surface area contributed by atoms with Gasteiger partial charge in [-0.15, -0.1) is 6.58 Å². The van der Waals surface area contributed by atoms with Crippen LogP contribution in [0.3, 0.4) is 0 Å². The Morgan fingerprint density at radius 1 is 0.541 bits per heavy atom. The number of hydrogen-bond acceptors (Lipinski definition) is 1. The second-order valence-corrected chi connectivity index (χ2v) is 7.14. The smallest absolute Gasteiger partial charge is 0.347 e. The average Bonchev–Trinajstić information content (AvgIpc) is 2.69. The summed E-state index contributed by atoms with van der Waals surface area (Å²) in [4.78, 5) is 10.9. The van der Waals surface area contributed by atoms with Crippen LogP contribution in [0.2, 0.25) is 0 Å². The molecule has 0 saturated carbocycles. The normalized spacial score (nSPS) is 16.0. The number of nitrogens with one attached hydrogen (secondary N) is 1. The molecule has 0 bridgehead atoms. The van der Waals surface area contributed by atoms with Gasteiger partial charge in [0.25, 0.3) is 5.91 Å². The van der Waals surface area contributed by atoms with Crippen LogP contribution in [0, 0.1) is 0 Å². The molecule has 1 N–H and O–H groups in total. The first-order valence-corrected chi connectivity index (χ1v) is 8.47. The van der Waals surface area contributed by atoms with E-state index in [0.717, 1.165) is 0 Å². The van der Waals surface area contributed by atoms with E-state index >= 15 is 0 Å². The molecule has 2 nitrogen and oxygen atoms in total. The maximum absolute atomic E-state index is 13.6. The van der Waals surface area contributed by atoms with E-state index < -0.39 is 71.1 Å². The number of halogens is 21. The number of alkyl halides is 21. The van der Waals surface area contributed by atoms with Crippen LogP contribution >= 0.6 is 11.6 Å². The van der Waals surface area contributed by atoms with Crippen molar-refractivity contribution in [2.75, 3.05) is 6.54 Å². The van der Waals surface area contributed by atoms with Crippen molar-refractivity contribution < 1.29 is 92.6 Å². The number of amides is 1. The molecule has 0 saturated heterocycles. The maximum Gasteiger partial charge on any atom is 0.393 e. The van der Waals surface area contributed by atoms with Gasteiger partial charge in [0.15, 0.2) is 0 Å². The molecule has 220 valence electrons. The Labute approximate surface area is 194 Å². The molecule has 0 spiro atoms. The number of rotatable bonds is 12. The van der Waals surface area contributed by atoms with E-state index in [-0.39, 0.29) is 0 Å². The van der Waals surface area contributed by atoms with Gasteiger partial charge in [-0.1, -0.05) is 6.08 Å². The van der Waals surface area contributed by atoms with E-state index in [9.17, 15) is 92.6 Å².